The average Bonchev–Trinajstić information content (AvgIpc) is 3.48. The molecule has 0 aliphatic carbocycles. The maximum atomic E-state index is 13.1. The minimum atomic E-state index is -0.880. The van der Waals surface area contributed by atoms with E-state index in [0.29, 0.717) is 29.8 Å². The van der Waals surface area contributed by atoms with E-state index in [1.54, 1.807) is 29.2 Å². The molecule has 1 saturated heterocycles. The zero-order valence-corrected chi connectivity index (χ0v) is 20.5. The molecule has 4 aromatic rings. The van der Waals surface area contributed by atoms with Crippen LogP contribution in [0.15, 0.2) is 45.7 Å². The summed E-state index contributed by atoms with van der Waals surface area (Å²) in [5.41, 5.74) is 1.90. The van der Waals surface area contributed by atoms with Crippen molar-refractivity contribution in [2.75, 3.05) is 13.1 Å². The molecule has 14 heteroatoms. The van der Waals surface area contributed by atoms with E-state index in [1.165, 1.54) is 30.6 Å². The Bertz CT molecular complexity index is 1630. The smallest absolute Gasteiger partial charge is 0.408 e. The summed E-state index contributed by atoms with van der Waals surface area (Å²) < 4.78 is 6.25. The van der Waals surface area contributed by atoms with Crippen LogP contribution in [0.1, 0.15) is 40.4 Å². The van der Waals surface area contributed by atoms with Gasteiger partial charge in [0, 0.05) is 38.7 Å². The zero-order valence-electron chi connectivity index (χ0n) is 20.5. The second-order valence-electron chi connectivity index (χ2n) is 8.98. The number of benzene rings is 1. The summed E-state index contributed by atoms with van der Waals surface area (Å²) in [7, 11) is 0. The van der Waals surface area contributed by atoms with Crippen LogP contribution in [0, 0.1) is 0 Å². The molecule has 1 aromatic carbocycles. The first-order valence-corrected chi connectivity index (χ1v) is 11.8. The summed E-state index contributed by atoms with van der Waals surface area (Å²) in [6.07, 6.45) is 1.44. The predicted octanol–water partition coefficient (Wildman–Crippen LogP) is -0.441. The molecule has 1 atom stereocenters. The topological polar surface area (TPSA) is 184 Å². The number of aromatic nitrogens is 4. The van der Waals surface area contributed by atoms with Crippen LogP contribution >= 0.6 is 0 Å². The normalized spacial score (nSPS) is 14.2. The van der Waals surface area contributed by atoms with Gasteiger partial charge in [0.25, 0.3) is 11.8 Å². The summed E-state index contributed by atoms with van der Waals surface area (Å²) in [6.45, 7) is 3.98. The Morgan fingerprint density at radius 2 is 1.95 bits per heavy atom. The summed E-state index contributed by atoms with van der Waals surface area (Å²) in [4.78, 5) is 69.6. The maximum absolute atomic E-state index is 13.1. The number of rotatable bonds is 7. The van der Waals surface area contributed by atoms with E-state index < -0.39 is 29.5 Å². The van der Waals surface area contributed by atoms with Gasteiger partial charge in [0.1, 0.15) is 17.4 Å². The fraction of sp³-hybridized carbons (Fsp3) is 0.292. The van der Waals surface area contributed by atoms with E-state index in [1.807, 2.05) is 0 Å². The first kappa shape index (κ1) is 24.7. The average molecular weight is 521 g/mol. The quantitative estimate of drug-likeness (QED) is 0.253. The lowest BCUT2D eigenvalue weighted by atomic mass is 10.1. The van der Waals surface area contributed by atoms with Gasteiger partial charge in [-0.3, -0.25) is 24.2 Å². The molecule has 0 radical (unpaired) electrons. The van der Waals surface area contributed by atoms with Crippen LogP contribution in [0.3, 0.4) is 0 Å². The first-order chi connectivity index (χ1) is 18.2. The molecule has 0 bridgehead atoms. The third-order valence-corrected chi connectivity index (χ3v) is 6.18. The van der Waals surface area contributed by atoms with Crippen LogP contribution in [0.4, 0.5) is 0 Å². The molecule has 1 aliphatic rings. The Labute approximate surface area is 214 Å². The lowest BCUT2D eigenvalue weighted by Crippen LogP contribution is -2.62. The fourth-order valence-electron chi connectivity index (χ4n) is 4.06. The number of nitrogens with one attached hydrogen (secondary N) is 4. The van der Waals surface area contributed by atoms with Gasteiger partial charge in [-0.25, -0.2) is 14.3 Å². The summed E-state index contributed by atoms with van der Waals surface area (Å²) in [6, 6.07) is 6.80. The fourth-order valence-corrected chi connectivity index (χ4v) is 4.06. The number of nitrogens with zero attached hydrogens (tertiary/aromatic N) is 4. The molecule has 4 heterocycles. The molecule has 38 heavy (non-hydrogen) atoms. The van der Waals surface area contributed by atoms with Gasteiger partial charge in [0.05, 0.1) is 17.8 Å². The van der Waals surface area contributed by atoms with Crippen molar-refractivity contribution in [3.8, 4) is 0 Å². The van der Waals surface area contributed by atoms with E-state index in [-0.39, 0.29) is 35.5 Å². The van der Waals surface area contributed by atoms with Crippen molar-refractivity contribution >= 4 is 40.4 Å². The molecule has 0 spiro atoms. The standard InChI is InChI=1S/C24H24N8O6/c1-12(21(34)28-15-10-31(11-15)13(2)33)27-23(36)18-8-17(29-20-5-6-26-32(18)20)22(35)25-9-14-3-4-19-16(7-14)30-24(37)38-19/h3-8,12,15H,9-11H2,1-2H3,(H,25,35)(H,27,36)(H,28,34)(H,30,37)/t12-/m0/s1. The van der Waals surface area contributed by atoms with E-state index in [9.17, 15) is 24.0 Å². The largest absolute Gasteiger partial charge is 0.417 e. The van der Waals surface area contributed by atoms with Crippen molar-refractivity contribution in [1.29, 1.82) is 0 Å². The van der Waals surface area contributed by atoms with E-state index in [4.69, 9.17) is 4.42 Å². The van der Waals surface area contributed by atoms with Crippen molar-refractivity contribution in [1.82, 2.24) is 40.4 Å². The lowest BCUT2D eigenvalue weighted by Gasteiger charge is -2.39. The van der Waals surface area contributed by atoms with Crippen molar-refractivity contribution in [3.05, 3.63) is 64.0 Å². The van der Waals surface area contributed by atoms with Crippen molar-refractivity contribution in [3.63, 3.8) is 0 Å². The molecule has 5 rings (SSSR count). The Morgan fingerprint density at radius 1 is 1.16 bits per heavy atom. The third kappa shape index (κ3) is 4.96. The monoisotopic (exact) mass is 520 g/mol. The van der Waals surface area contributed by atoms with Gasteiger partial charge < -0.3 is 25.3 Å². The molecule has 4 amide bonds. The van der Waals surface area contributed by atoms with Crippen LogP contribution in [-0.4, -0.2) is 73.3 Å². The number of amides is 4. The Morgan fingerprint density at radius 3 is 2.71 bits per heavy atom. The van der Waals surface area contributed by atoms with Crippen molar-refractivity contribution in [2.45, 2.75) is 32.5 Å². The van der Waals surface area contributed by atoms with Crippen LogP contribution in [0.2, 0.25) is 0 Å². The number of likely N-dealkylation sites (tertiary alicyclic amines) is 1. The number of aromatic amines is 1. The van der Waals surface area contributed by atoms with Gasteiger partial charge in [-0.05, 0) is 24.6 Å². The highest BCUT2D eigenvalue weighted by molar-refractivity contribution is 6.00. The molecule has 1 aliphatic heterocycles. The number of fused-ring (bicyclic) bond motifs is 2. The van der Waals surface area contributed by atoms with E-state index in [0.717, 1.165) is 0 Å². The minimum absolute atomic E-state index is 0.0168. The Hall–Kier alpha value is -5.01. The minimum Gasteiger partial charge on any atom is -0.408 e. The van der Waals surface area contributed by atoms with Gasteiger partial charge in [-0.1, -0.05) is 6.07 Å². The van der Waals surface area contributed by atoms with Crippen LogP contribution < -0.4 is 21.7 Å². The third-order valence-electron chi connectivity index (χ3n) is 6.18. The van der Waals surface area contributed by atoms with Gasteiger partial charge in [-0.15, -0.1) is 0 Å². The highest BCUT2D eigenvalue weighted by atomic mass is 16.4. The molecule has 14 nitrogen and oxygen atoms in total. The molecule has 3 aromatic heterocycles. The first-order valence-electron chi connectivity index (χ1n) is 11.8. The van der Waals surface area contributed by atoms with Crippen LogP contribution in [-0.2, 0) is 16.1 Å². The van der Waals surface area contributed by atoms with Crippen molar-refractivity contribution < 1.29 is 23.6 Å². The second kappa shape index (κ2) is 9.80. The summed E-state index contributed by atoms with van der Waals surface area (Å²) in [5, 5.41) is 12.2. The van der Waals surface area contributed by atoms with Crippen LogP contribution in [0.5, 0.6) is 0 Å². The lowest BCUT2D eigenvalue weighted by molar-refractivity contribution is -0.136. The molecule has 0 unspecified atom stereocenters. The zero-order chi connectivity index (χ0) is 27.0. The number of carbonyl (C=O) groups is 4. The summed E-state index contributed by atoms with van der Waals surface area (Å²) >= 11 is 0. The van der Waals surface area contributed by atoms with Gasteiger partial charge >= 0.3 is 5.76 Å². The van der Waals surface area contributed by atoms with Gasteiger partial charge in [0.15, 0.2) is 11.2 Å². The number of carbonyl (C=O) groups excluding carboxylic acids is 4. The molecule has 4 N–H and O–H groups in total. The van der Waals surface area contributed by atoms with Crippen LogP contribution in [0.25, 0.3) is 16.7 Å². The molecular weight excluding hydrogens is 496 g/mol. The van der Waals surface area contributed by atoms with Gasteiger partial charge in [0.2, 0.25) is 11.8 Å². The molecule has 196 valence electrons. The highest BCUT2D eigenvalue weighted by Gasteiger charge is 2.31. The number of hydrogen-bond acceptors (Lipinski definition) is 8. The highest BCUT2D eigenvalue weighted by Crippen LogP contribution is 2.13. The van der Waals surface area contributed by atoms with E-state index in [2.05, 4.69) is 31.0 Å². The number of hydrogen-bond donors (Lipinski definition) is 4. The predicted molar refractivity (Wildman–Crippen MR) is 132 cm³/mol. The van der Waals surface area contributed by atoms with Crippen molar-refractivity contribution in [2.24, 2.45) is 0 Å². The Kier molecular flexibility index (Phi) is 6.36. The molecule has 0 saturated carbocycles. The second-order valence-corrected chi connectivity index (χ2v) is 8.98. The number of oxazole rings is 1. The number of H-pyrrole nitrogens is 1. The SMILES string of the molecule is CC(=O)N1CC(NC(=O)[C@H](C)NC(=O)c2cc(C(=O)NCc3ccc4oc(=O)[nH]c4c3)nc3ccnn23)C1. The molecular formula is C24H24N8O6. The van der Waals surface area contributed by atoms with Gasteiger partial charge in [-0.2, -0.15) is 5.10 Å². The summed E-state index contributed by atoms with van der Waals surface area (Å²) in [5.74, 6) is -2.18. The Balaban J connectivity index is 1.26. The van der Waals surface area contributed by atoms with E-state index >= 15 is 0 Å². The maximum Gasteiger partial charge on any atom is 0.417 e. The molecule has 1 fully saturated rings.